The number of amides is 1. The summed E-state index contributed by atoms with van der Waals surface area (Å²) in [7, 11) is 0. The van der Waals surface area contributed by atoms with E-state index in [1.54, 1.807) is 24.3 Å². The Morgan fingerprint density at radius 1 is 1.23 bits per heavy atom. The standard InChI is InChI=1S/C18H23ClN4O3/c1-3-16-20-21-18(26-16)13(2)22-8-10-23(11-9-22)17(24)12-25-15-6-4-14(19)5-7-15/h4-7,13H,3,8-12H2,1-2H3. The van der Waals surface area contributed by atoms with Crippen LogP contribution in [0.2, 0.25) is 5.02 Å². The fourth-order valence-corrected chi connectivity index (χ4v) is 2.99. The van der Waals surface area contributed by atoms with Gasteiger partial charge in [0, 0.05) is 37.6 Å². The first-order valence-electron chi connectivity index (χ1n) is 8.79. The first kappa shape index (κ1) is 18.7. The van der Waals surface area contributed by atoms with E-state index in [-0.39, 0.29) is 18.6 Å². The molecule has 1 fully saturated rings. The molecule has 2 aromatic rings. The van der Waals surface area contributed by atoms with Crippen LogP contribution >= 0.6 is 11.6 Å². The Bertz CT molecular complexity index is 726. The number of hydrogen-bond donors (Lipinski definition) is 0. The van der Waals surface area contributed by atoms with Crippen LogP contribution in [0.15, 0.2) is 28.7 Å². The van der Waals surface area contributed by atoms with Crippen molar-refractivity contribution in [3.8, 4) is 5.75 Å². The molecule has 0 saturated carbocycles. The van der Waals surface area contributed by atoms with Gasteiger partial charge in [-0.05, 0) is 31.2 Å². The largest absolute Gasteiger partial charge is 0.484 e. The molecule has 140 valence electrons. The van der Waals surface area contributed by atoms with Gasteiger partial charge in [-0.15, -0.1) is 10.2 Å². The SMILES string of the molecule is CCc1nnc(C(C)N2CCN(C(=O)COc3ccc(Cl)cc3)CC2)o1. The average Bonchev–Trinajstić information content (AvgIpc) is 3.16. The molecule has 1 aromatic carbocycles. The number of nitrogens with zero attached hydrogens (tertiary/aromatic N) is 4. The van der Waals surface area contributed by atoms with Gasteiger partial charge in [0.25, 0.3) is 5.91 Å². The average molecular weight is 379 g/mol. The quantitative estimate of drug-likeness (QED) is 0.769. The number of aromatic nitrogens is 2. The summed E-state index contributed by atoms with van der Waals surface area (Å²) < 4.78 is 11.2. The Hall–Kier alpha value is -2.12. The Balaban J connectivity index is 1.46. The molecular formula is C18H23ClN4O3. The maximum Gasteiger partial charge on any atom is 0.260 e. The van der Waals surface area contributed by atoms with Crippen LogP contribution in [0, 0.1) is 0 Å². The van der Waals surface area contributed by atoms with Crippen LogP contribution in [0.5, 0.6) is 5.75 Å². The van der Waals surface area contributed by atoms with E-state index in [4.69, 9.17) is 20.8 Å². The Kier molecular flexibility index (Phi) is 6.11. The van der Waals surface area contributed by atoms with Crippen LogP contribution < -0.4 is 4.74 Å². The number of halogens is 1. The van der Waals surface area contributed by atoms with Crippen molar-refractivity contribution >= 4 is 17.5 Å². The molecule has 3 rings (SSSR count). The highest BCUT2D eigenvalue weighted by molar-refractivity contribution is 6.30. The third-order valence-electron chi connectivity index (χ3n) is 4.53. The van der Waals surface area contributed by atoms with Gasteiger partial charge in [0.1, 0.15) is 5.75 Å². The highest BCUT2D eigenvalue weighted by Crippen LogP contribution is 2.21. The third kappa shape index (κ3) is 4.53. The van der Waals surface area contributed by atoms with Crippen molar-refractivity contribution in [2.24, 2.45) is 0 Å². The van der Waals surface area contributed by atoms with E-state index in [1.165, 1.54) is 0 Å². The number of benzene rings is 1. The lowest BCUT2D eigenvalue weighted by Crippen LogP contribution is -2.50. The zero-order chi connectivity index (χ0) is 18.5. The number of piperazine rings is 1. The summed E-state index contributed by atoms with van der Waals surface area (Å²) in [5.41, 5.74) is 0. The summed E-state index contributed by atoms with van der Waals surface area (Å²) in [5, 5.41) is 8.78. The number of rotatable bonds is 6. The number of hydrogen-bond acceptors (Lipinski definition) is 6. The van der Waals surface area contributed by atoms with E-state index in [0.717, 1.165) is 19.5 Å². The van der Waals surface area contributed by atoms with Gasteiger partial charge in [0.15, 0.2) is 6.61 Å². The van der Waals surface area contributed by atoms with Crippen molar-refractivity contribution < 1.29 is 13.9 Å². The molecule has 1 aliphatic heterocycles. The van der Waals surface area contributed by atoms with Gasteiger partial charge in [-0.2, -0.15) is 0 Å². The van der Waals surface area contributed by atoms with Crippen LogP contribution in [-0.4, -0.2) is 58.7 Å². The highest BCUT2D eigenvalue weighted by Gasteiger charge is 2.27. The minimum atomic E-state index is -0.0155. The molecule has 7 nitrogen and oxygen atoms in total. The lowest BCUT2D eigenvalue weighted by atomic mass is 10.2. The smallest absolute Gasteiger partial charge is 0.260 e. The van der Waals surface area contributed by atoms with Crippen LogP contribution in [0.25, 0.3) is 0 Å². The molecule has 1 aromatic heterocycles. The van der Waals surface area contributed by atoms with Gasteiger partial charge in [-0.1, -0.05) is 18.5 Å². The number of carbonyl (C=O) groups is 1. The van der Waals surface area contributed by atoms with E-state index in [2.05, 4.69) is 15.1 Å². The van der Waals surface area contributed by atoms with E-state index in [0.29, 0.717) is 35.6 Å². The predicted octanol–water partition coefficient (Wildman–Crippen LogP) is 2.57. The van der Waals surface area contributed by atoms with Gasteiger partial charge >= 0.3 is 0 Å². The fourth-order valence-electron chi connectivity index (χ4n) is 2.86. The Morgan fingerprint density at radius 3 is 2.54 bits per heavy atom. The number of aryl methyl sites for hydroxylation is 1. The molecule has 8 heteroatoms. The van der Waals surface area contributed by atoms with Crippen LogP contribution in [0.4, 0.5) is 0 Å². The molecule has 1 atom stereocenters. The molecule has 26 heavy (non-hydrogen) atoms. The molecule has 0 radical (unpaired) electrons. The topological polar surface area (TPSA) is 71.7 Å². The lowest BCUT2D eigenvalue weighted by molar-refractivity contribution is -0.135. The molecular weight excluding hydrogens is 356 g/mol. The Morgan fingerprint density at radius 2 is 1.92 bits per heavy atom. The normalized spacial score (nSPS) is 16.5. The molecule has 2 heterocycles. The summed E-state index contributed by atoms with van der Waals surface area (Å²) in [6.45, 7) is 6.90. The maximum atomic E-state index is 12.3. The van der Waals surface area contributed by atoms with Crippen molar-refractivity contribution in [3.05, 3.63) is 41.1 Å². The minimum Gasteiger partial charge on any atom is -0.484 e. The molecule has 1 aliphatic rings. The van der Waals surface area contributed by atoms with Crippen molar-refractivity contribution in [1.29, 1.82) is 0 Å². The summed E-state index contributed by atoms with van der Waals surface area (Å²) in [4.78, 5) is 16.4. The summed E-state index contributed by atoms with van der Waals surface area (Å²) >= 11 is 5.84. The summed E-state index contributed by atoms with van der Waals surface area (Å²) in [5.74, 6) is 1.91. The molecule has 0 bridgehead atoms. The third-order valence-corrected chi connectivity index (χ3v) is 4.78. The van der Waals surface area contributed by atoms with Crippen molar-refractivity contribution in [2.75, 3.05) is 32.8 Å². The zero-order valence-electron chi connectivity index (χ0n) is 15.0. The van der Waals surface area contributed by atoms with Gasteiger partial charge in [0.2, 0.25) is 11.8 Å². The van der Waals surface area contributed by atoms with Crippen LogP contribution in [0.1, 0.15) is 31.7 Å². The highest BCUT2D eigenvalue weighted by atomic mass is 35.5. The fraction of sp³-hybridized carbons (Fsp3) is 0.500. The number of carbonyl (C=O) groups excluding carboxylic acids is 1. The predicted molar refractivity (Wildman–Crippen MR) is 97.2 cm³/mol. The minimum absolute atomic E-state index is 0.0155. The van der Waals surface area contributed by atoms with E-state index < -0.39 is 0 Å². The van der Waals surface area contributed by atoms with Gasteiger partial charge in [0.05, 0.1) is 6.04 Å². The molecule has 0 spiro atoms. The first-order valence-corrected chi connectivity index (χ1v) is 9.17. The van der Waals surface area contributed by atoms with E-state index >= 15 is 0 Å². The second-order valence-corrected chi connectivity index (χ2v) is 6.66. The molecule has 1 unspecified atom stereocenters. The molecule has 0 aliphatic carbocycles. The first-order chi connectivity index (χ1) is 12.6. The molecule has 1 amide bonds. The second kappa shape index (κ2) is 8.51. The summed E-state index contributed by atoms with van der Waals surface area (Å²) in [6, 6.07) is 7.03. The van der Waals surface area contributed by atoms with E-state index in [9.17, 15) is 4.79 Å². The molecule has 1 saturated heterocycles. The summed E-state index contributed by atoms with van der Waals surface area (Å²) in [6.07, 6.45) is 0.732. The van der Waals surface area contributed by atoms with Gasteiger partial charge < -0.3 is 14.1 Å². The van der Waals surface area contributed by atoms with Crippen LogP contribution in [-0.2, 0) is 11.2 Å². The van der Waals surface area contributed by atoms with E-state index in [1.807, 2.05) is 18.7 Å². The van der Waals surface area contributed by atoms with Crippen molar-refractivity contribution in [3.63, 3.8) is 0 Å². The maximum absolute atomic E-state index is 12.3. The monoisotopic (exact) mass is 378 g/mol. The number of ether oxygens (including phenoxy) is 1. The second-order valence-electron chi connectivity index (χ2n) is 6.22. The lowest BCUT2D eigenvalue weighted by Gasteiger charge is -2.36. The van der Waals surface area contributed by atoms with Crippen LogP contribution in [0.3, 0.4) is 0 Å². The van der Waals surface area contributed by atoms with Crippen molar-refractivity contribution in [1.82, 2.24) is 20.0 Å². The molecule has 0 N–H and O–H groups in total. The van der Waals surface area contributed by atoms with Gasteiger partial charge in [-0.3, -0.25) is 9.69 Å². The van der Waals surface area contributed by atoms with Crippen molar-refractivity contribution in [2.45, 2.75) is 26.3 Å². The van der Waals surface area contributed by atoms with Gasteiger partial charge in [-0.25, -0.2) is 0 Å². The Labute approximate surface area is 157 Å². The zero-order valence-corrected chi connectivity index (χ0v) is 15.8.